The van der Waals surface area contributed by atoms with E-state index in [0.717, 1.165) is 12.1 Å². The second-order valence-corrected chi connectivity index (χ2v) is 4.53. The number of rotatable bonds is 1. The molecule has 0 bridgehead atoms. The van der Waals surface area contributed by atoms with Crippen molar-refractivity contribution in [3.8, 4) is 11.8 Å². The molecule has 0 radical (unpaired) electrons. The Bertz CT molecular complexity index is 727. The molecule has 2 aromatic carbocycles. The minimum absolute atomic E-state index is 0.143. The van der Waals surface area contributed by atoms with Crippen molar-refractivity contribution < 1.29 is 18.0 Å². The SMILES string of the molecule is CN(C(=O)C#Cc1cccc(C(F)(F)F)c1)c1ccccc1. The van der Waals surface area contributed by atoms with Crippen molar-refractivity contribution in [2.75, 3.05) is 11.9 Å². The molecule has 0 saturated heterocycles. The third-order valence-electron chi connectivity index (χ3n) is 2.95. The molecule has 0 aromatic heterocycles. The van der Waals surface area contributed by atoms with Gasteiger partial charge in [-0.25, -0.2) is 0 Å². The molecule has 2 nitrogen and oxygen atoms in total. The fourth-order valence-electron chi connectivity index (χ4n) is 1.75. The molecule has 2 aromatic rings. The van der Waals surface area contributed by atoms with E-state index in [1.165, 1.54) is 17.0 Å². The predicted molar refractivity (Wildman–Crippen MR) is 78.2 cm³/mol. The van der Waals surface area contributed by atoms with Gasteiger partial charge in [0.15, 0.2) is 0 Å². The monoisotopic (exact) mass is 303 g/mol. The number of amides is 1. The lowest BCUT2D eigenvalue weighted by atomic mass is 10.1. The predicted octanol–water partition coefficient (Wildman–Crippen LogP) is 3.72. The minimum Gasteiger partial charge on any atom is -0.305 e. The summed E-state index contributed by atoms with van der Waals surface area (Å²) in [6.07, 6.45) is -4.43. The summed E-state index contributed by atoms with van der Waals surface area (Å²) < 4.78 is 37.8. The number of benzene rings is 2. The van der Waals surface area contributed by atoms with E-state index in [9.17, 15) is 18.0 Å². The van der Waals surface area contributed by atoms with Crippen LogP contribution in [0.4, 0.5) is 18.9 Å². The van der Waals surface area contributed by atoms with Crippen molar-refractivity contribution in [2.24, 2.45) is 0 Å². The third-order valence-corrected chi connectivity index (χ3v) is 2.95. The zero-order chi connectivity index (χ0) is 16.2. The smallest absolute Gasteiger partial charge is 0.305 e. The van der Waals surface area contributed by atoms with Gasteiger partial charge in [0, 0.05) is 24.2 Å². The molecule has 0 spiro atoms. The van der Waals surface area contributed by atoms with Gasteiger partial charge in [-0.2, -0.15) is 13.2 Å². The van der Waals surface area contributed by atoms with Gasteiger partial charge in [0.2, 0.25) is 0 Å². The quantitative estimate of drug-likeness (QED) is 0.735. The van der Waals surface area contributed by atoms with Crippen LogP contribution in [-0.4, -0.2) is 13.0 Å². The van der Waals surface area contributed by atoms with Crippen LogP contribution in [0.15, 0.2) is 54.6 Å². The molecule has 0 saturated carbocycles. The number of alkyl halides is 3. The third kappa shape index (κ3) is 3.89. The highest BCUT2D eigenvalue weighted by molar-refractivity contribution is 6.05. The van der Waals surface area contributed by atoms with Crippen LogP contribution in [0.5, 0.6) is 0 Å². The largest absolute Gasteiger partial charge is 0.416 e. The first-order valence-electron chi connectivity index (χ1n) is 6.40. The lowest BCUT2D eigenvalue weighted by Gasteiger charge is -2.13. The Morgan fingerprint density at radius 2 is 1.73 bits per heavy atom. The molecule has 0 aliphatic heterocycles. The zero-order valence-corrected chi connectivity index (χ0v) is 11.7. The lowest BCUT2D eigenvalue weighted by molar-refractivity contribution is -0.137. The van der Waals surface area contributed by atoms with Crippen LogP contribution in [0.25, 0.3) is 0 Å². The van der Waals surface area contributed by atoms with Crippen molar-refractivity contribution in [1.82, 2.24) is 0 Å². The van der Waals surface area contributed by atoms with Gasteiger partial charge in [0.25, 0.3) is 0 Å². The van der Waals surface area contributed by atoms with E-state index < -0.39 is 17.6 Å². The summed E-state index contributed by atoms with van der Waals surface area (Å²) in [5.41, 5.74) is 0.0126. The molecular weight excluding hydrogens is 291 g/mol. The Morgan fingerprint density at radius 3 is 2.36 bits per heavy atom. The summed E-state index contributed by atoms with van der Waals surface area (Å²) >= 11 is 0. The molecule has 0 heterocycles. The maximum absolute atomic E-state index is 12.6. The minimum atomic E-state index is -4.43. The van der Waals surface area contributed by atoms with E-state index in [1.54, 1.807) is 31.3 Å². The Kier molecular flexibility index (Phi) is 4.52. The van der Waals surface area contributed by atoms with Crippen LogP contribution >= 0.6 is 0 Å². The van der Waals surface area contributed by atoms with Crippen molar-refractivity contribution in [3.63, 3.8) is 0 Å². The van der Waals surface area contributed by atoms with E-state index >= 15 is 0 Å². The number of para-hydroxylation sites is 1. The van der Waals surface area contributed by atoms with E-state index in [0.29, 0.717) is 5.69 Å². The number of hydrogen-bond donors (Lipinski definition) is 0. The molecule has 1 amide bonds. The van der Waals surface area contributed by atoms with E-state index in [-0.39, 0.29) is 5.56 Å². The van der Waals surface area contributed by atoms with Crippen LogP contribution in [0.1, 0.15) is 11.1 Å². The van der Waals surface area contributed by atoms with Crippen LogP contribution < -0.4 is 4.90 Å². The fourth-order valence-corrected chi connectivity index (χ4v) is 1.75. The zero-order valence-electron chi connectivity index (χ0n) is 11.7. The fraction of sp³-hybridized carbons (Fsp3) is 0.118. The maximum Gasteiger partial charge on any atom is 0.416 e. The van der Waals surface area contributed by atoms with E-state index in [1.807, 2.05) is 6.07 Å². The van der Waals surface area contributed by atoms with Gasteiger partial charge < -0.3 is 4.90 Å². The van der Waals surface area contributed by atoms with Gasteiger partial charge in [-0.15, -0.1) is 0 Å². The van der Waals surface area contributed by atoms with Gasteiger partial charge >= 0.3 is 12.1 Å². The summed E-state index contributed by atoms with van der Waals surface area (Å²) in [5, 5.41) is 0. The Balaban J connectivity index is 2.18. The van der Waals surface area contributed by atoms with Gasteiger partial charge in [0.05, 0.1) is 5.56 Å². The molecule has 2 rings (SSSR count). The molecule has 22 heavy (non-hydrogen) atoms. The first-order valence-corrected chi connectivity index (χ1v) is 6.40. The van der Waals surface area contributed by atoms with Crippen molar-refractivity contribution in [3.05, 3.63) is 65.7 Å². The van der Waals surface area contributed by atoms with Gasteiger partial charge in [-0.3, -0.25) is 4.79 Å². The van der Waals surface area contributed by atoms with Crippen LogP contribution in [-0.2, 0) is 11.0 Å². The Morgan fingerprint density at radius 1 is 1.05 bits per heavy atom. The average molecular weight is 303 g/mol. The Hall–Kier alpha value is -2.74. The number of halogens is 3. The molecule has 0 fully saturated rings. The summed E-state index contributed by atoms with van der Waals surface area (Å²) in [5.74, 6) is 4.32. The molecule has 5 heteroatoms. The number of anilines is 1. The Labute approximate surface area is 126 Å². The van der Waals surface area contributed by atoms with Crippen LogP contribution in [0.3, 0.4) is 0 Å². The second kappa shape index (κ2) is 6.35. The second-order valence-electron chi connectivity index (χ2n) is 4.53. The van der Waals surface area contributed by atoms with Crippen molar-refractivity contribution in [1.29, 1.82) is 0 Å². The van der Waals surface area contributed by atoms with Crippen molar-refractivity contribution >= 4 is 11.6 Å². The van der Waals surface area contributed by atoms with E-state index in [2.05, 4.69) is 11.8 Å². The highest BCUT2D eigenvalue weighted by Gasteiger charge is 2.30. The number of carbonyl (C=O) groups excluding carboxylic acids is 1. The van der Waals surface area contributed by atoms with Crippen LogP contribution in [0.2, 0.25) is 0 Å². The standard InChI is InChI=1S/C17H12F3NO/c1-21(15-8-3-2-4-9-15)16(22)11-10-13-6-5-7-14(12-13)17(18,19)20/h2-9,12H,1H3. The highest BCUT2D eigenvalue weighted by Crippen LogP contribution is 2.29. The number of nitrogens with zero attached hydrogens (tertiary/aromatic N) is 1. The normalized spacial score (nSPS) is 10.5. The number of hydrogen-bond acceptors (Lipinski definition) is 1. The average Bonchev–Trinajstić information content (AvgIpc) is 2.52. The number of carbonyl (C=O) groups is 1. The van der Waals surface area contributed by atoms with E-state index in [4.69, 9.17) is 0 Å². The molecule has 0 aliphatic rings. The first kappa shape index (κ1) is 15.6. The van der Waals surface area contributed by atoms with Crippen molar-refractivity contribution in [2.45, 2.75) is 6.18 Å². The summed E-state index contributed by atoms with van der Waals surface area (Å²) in [6.45, 7) is 0. The molecule has 0 aliphatic carbocycles. The highest BCUT2D eigenvalue weighted by atomic mass is 19.4. The first-order chi connectivity index (χ1) is 10.4. The molecular formula is C17H12F3NO. The topological polar surface area (TPSA) is 20.3 Å². The van der Waals surface area contributed by atoms with Gasteiger partial charge in [-0.05, 0) is 30.3 Å². The molecule has 0 atom stereocenters. The molecule has 112 valence electrons. The summed E-state index contributed by atoms with van der Waals surface area (Å²) in [4.78, 5) is 13.3. The maximum atomic E-state index is 12.6. The van der Waals surface area contributed by atoms with Crippen LogP contribution in [0, 0.1) is 11.8 Å². The lowest BCUT2D eigenvalue weighted by Crippen LogP contribution is -2.24. The molecule has 0 N–H and O–H groups in total. The molecule has 0 unspecified atom stereocenters. The summed E-state index contributed by atoms with van der Waals surface area (Å²) in [6, 6.07) is 13.4. The summed E-state index contributed by atoms with van der Waals surface area (Å²) in [7, 11) is 1.55. The van der Waals surface area contributed by atoms with Gasteiger partial charge in [0.1, 0.15) is 0 Å². The van der Waals surface area contributed by atoms with Gasteiger partial charge in [-0.1, -0.05) is 30.2 Å².